The molecular weight excluding hydrogens is 387 g/mol. The van der Waals surface area contributed by atoms with E-state index in [1.54, 1.807) is 13.2 Å². The van der Waals surface area contributed by atoms with E-state index in [-0.39, 0.29) is 11.7 Å². The van der Waals surface area contributed by atoms with E-state index in [0.29, 0.717) is 20.7 Å². The SMILES string of the molecule is COc1ccc(SCC(=O)Nc2nc3c(Cl)c(Cl)ccc3s2)cc1. The minimum absolute atomic E-state index is 0.128. The summed E-state index contributed by atoms with van der Waals surface area (Å²) in [5.41, 5.74) is 0.604. The average Bonchev–Trinajstić information content (AvgIpc) is 3.00. The number of aromatic nitrogens is 1. The molecule has 24 heavy (non-hydrogen) atoms. The summed E-state index contributed by atoms with van der Waals surface area (Å²) in [6, 6.07) is 11.1. The van der Waals surface area contributed by atoms with E-state index in [4.69, 9.17) is 27.9 Å². The van der Waals surface area contributed by atoms with Crippen molar-refractivity contribution in [3.63, 3.8) is 0 Å². The maximum absolute atomic E-state index is 12.1. The predicted molar refractivity (Wildman–Crippen MR) is 102 cm³/mol. The van der Waals surface area contributed by atoms with Crippen LogP contribution in [-0.4, -0.2) is 23.8 Å². The van der Waals surface area contributed by atoms with Gasteiger partial charge in [0, 0.05) is 4.90 Å². The topological polar surface area (TPSA) is 51.2 Å². The number of benzene rings is 2. The second-order valence-electron chi connectivity index (χ2n) is 4.74. The Kier molecular flexibility index (Phi) is 5.50. The molecule has 0 saturated heterocycles. The molecule has 1 amide bonds. The van der Waals surface area contributed by atoms with Crippen molar-refractivity contribution < 1.29 is 9.53 Å². The van der Waals surface area contributed by atoms with Crippen LogP contribution < -0.4 is 10.1 Å². The van der Waals surface area contributed by atoms with Crippen LogP contribution in [0.5, 0.6) is 5.75 Å². The summed E-state index contributed by atoms with van der Waals surface area (Å²) in [5, 5.41) is 4.15. The molecule has 0 saturated carbocycles. The van der Waals surface area contributed by atoms with Crippen LogP contribution in [0.1, 0.15) is 0 Å². The Labute approximate surface area is 157 Å². The molecule has 0 aliphatic rings. The maximum Gasteiger partial charge on any atom is 0.236 e. The van der Waals surface area contributed by atoms with Crippen molar-refractivity contribution in [1.82, 2.24) is 4.98 Å². The van der Waals surface area contributed by atoms with Crippen LogP contribution in [0.3, 0.4) is 0 Å². The molecule has 0 aliphatic heterocycles. The molecule has 3 rings (SSSR count). The van der Waals surface area contributed by atoms with Gasteiger partial charge in [-0.3, -0.25) is 4.79 Å². The number of hydrogen-bond acceptors (Lipinski definition) is 5. The van der Waals surface area contributed by atoms with E-state index in [1.807, 2.05) is 30.3 Å². The fourth-order valence-electron chi connectivity index (χ4n) is 1.97. The number of methoxy groups -OCH3 is 1. The number of fused-ring (bicyclic) bond motifs is 1. The van der Waals surface area contributed by atoms with Gasteiger partial charge in [-0.15, -0.1) is 11.8 Å². The van der Waals surface area contributed by atoms with E-state index >= 15 is 0 Å². The number of thiazole rings is 1. The molecule has 8 heteroatoms. The minimum atomic E-state index is -0.128. The van der Waals surface area contributed by atoms with Gasteiger partial charge in [0.25, 0.3) is 0 Å². The fourth-order valence-corrected chi connectivity index (χ4v) is 3.97. The van der Waals surface area contributed by atoms with E-state index in [0.717, 1.165) is 15.3 Å². The van der Waals surface area contributed by atoms with Crippen molar-refractivity contribution in [2.75, 3.05) is 18.2 Å². The average molecular weight is 399 g/mol. The highest BCUT2D eigenvalue weighted by molar-refractivity contribution is 8.00. The first-order valence-corrected chi connectivity index (χ1v) is 9.44. The van der Waals surface area contributed by atoms with Crippen LogP contribution >= 0.6 is 46.3 Å². The summed E-state index contributed by atoms with van der Waals surface area (Å²) >= 11 is 14.9. The van der Waals surface area contributed by atoms with Crippen molar-refractivity contribution in [3.05, 3.63) is 46.4 Å². The van der Waals surface area contributed by atoms with E-state index in [1.165, 1.54) is 23.1 Å². The molecule has 3 aromatic rings. The van der Waals surface area contributed by atoms with Crippen molar-refractivity contribution in [3.8, 4) is 5.75 Å². The molecule has 1 aromatic heterocycles. The van der Waals surface area contributed by atoms with Crippen molar-refractivity contribution in [1.29, 1.82) is 0 Å². The molecule has 1 heterocycles. The van der Waals surface area contributed by atoms with Crippen LogP contribution in [0, 0.1) is 0 Å². The second kappa shape index (κ2) is 7.61. The van der Waals surface area contributed by atoms with Gasteiger partial charge in [0.2, 0.25) is 5.91 Å². The summed E-state index contributed by atoms with van der Waals surface area (Å²) in [7, 11) is 1.62. The molecule has 4 nitrogen and oxygen atoms in total. The van der Waals surface area contributed by atoms with Gasteiger partial charge in [0.05, 0.1) is 27.6 Å². The van der Waals surface area contributed by atoms with Crippen molar-refractivity contribution >= 4 is 67.6 Å². The van der Waals surface area contributed by atoms with Crippen LogP contribution in [0.15, 0.2) is 41.3 Å². The number of rotatable bonds is 5. The Morgan fingerprint density at radius 1 is 1.25 bits per heavy atom. The van der Waals surface area contributed by atoms with Gasteiger partial charge in [-0.25, -0.2) is 4.98 Å². The smallest absolute Gasteiger partial charge is 0.236 e. The Morgan fingerprint density at radius 2 is 2.00 bits per heavy atom. The number of nitrogens with one attached hydrogen (secondary N) is 1. The maximum atomic E-state index is 12.1. The summed E-state index contributed by atoms with van der Waals surface area (Å²) in [6.45, 7) is 0. The molecule has 0 aliphatic carbocycles. The number of ether oxygens (including phenoxy) is 1. The Bertz CT molecular complexity index is 882. The fraction of sp³-hybridized carbons (Fsp3) is 0.125. The number of carbonyl (C=O) groups excluding carboxylic acids is 1. The minimum Gasteiger partial charge on any atom is -0.497 e. The molecular formula is C16H12Cl2N2O2S2. The van der Waals surface area contributed by atoms with E-state index < -0.39 is 0 Å². The number of thioether (sulfide) groups is 1. The first-order chi connectivity index (χ1) is 11.6. The van der Waals surface area contributed by atoms with Crippen LogP contribution in [0.2, 0.25) is 10.0 Å². The van der Waals surface area contributed by atoms with Gasteiger partial charge >= 0.3 is 0 Å². The normalized spacial score (nSPS) is 10.8. The molecule has 0 unspecified atom stereocenters. The number of amides is 1. The lowest BCUT2D eigenvalue weighted by Crippen LogP contribution is -2.13. The number of nitrogens with zero attached hydrogens (tertiary/aromatic N) is 1. The number of hydrogen-bond donors (Lipinski definition) is 1. The summed E-state index contributed by atoms with van der Waals surface area (Å²) in [5.74, 6) is 0.947. The third kappa shape index (κ3) is 3.95. The molecule has 2 aromatic carbocycles. The summed E-state index contributed by atoms with van der Waals surface area (Å²) in [6.07, 6.45) is 0. The monoisotopic (exact) mass is 398 g/mol. The zero-order valence-corrected chi connectivity index (χ0v) is 15.7. The van der Waals surface area contributed by atoms with Gasteiger partial charge in [0.1, 0.15) is 11.3 Å². The third-order valence-corrected chi connectivity index (χ3v) is 5.87. The Hall–Kier alpha value is -1.47. The summed E-state index contributed by atoms with van der Waals surface area (Å²) < 4.78 is 5.98. The second-order valence-corrected chi connectivity index (χ2v) is 7.60. The van der Waals surface area contributed by atoms with Crippen molar-refractivity contribution in [2.24, 2.45) is 0 Å². The highest BCUT2D eigenvalue weighted by atomic mass is 35.5. The molecule has 0 spiro atoms. The van der Waals surface area contributed by atoms with Gasteiger partial charge in [-0.1, -0.05) is 34.5 Å². The van der Waals surface area contributed by atoms with Crippen LogP contribution in [0.25, 0.3) is 10.2 Å². The highest BCUT2D eigenvalue weighted by Crippen LogP contribution is 2.35. The number of halogens is 2. The predicted octanol–water partition coefficient (Wildman–Crippen LogP) is 5.34. The standard InChI is InChI=1S/C16H12Cl2N2O2S2/c1-22-9-2-4-10(5-3-9)23-8-13(21)19-16-20-15-12(24-16)7-6-11(17)14(15)18/h2-7H,8H2,1H3,(H,19,20,21). The number of carbonyl (C=O) groups is 1. The molecule has 0 fully saturated rings. The lowest BCUT2D eigenvalue weighted by atomic mass is 10.3. The highest BCUT2D eigenvalue weighted by Gasteiger charge is 2.12. The lowest BCUT2D eigenvalue weighted by Gasteiger charge is -2.03. The van der Waals surface area contributed by atoms with E-state index in [2.05, 4.69) is 10.3 Å². The van der Waals surface area contributed by atoms with Crippen LogP contribution in [0.4, 0.5) is 5.13 Å². The molecule has 0 bridgehead atoms. The first-order valence-electron chi connectivity index (χ1n) is 6.88. The first kappa shape index (κ1) is 17.4. The van der Waals surface area contributed by atoms with Gasteiger partial charge in [-0.05, 0) is 36.4 Å². The number of anilines is 1. The van der Waals surface area contributed by atoms with Gasteiger partial charge in [-0.2, -0.15) is 0 Å². The Balaban J connectivity index is 1.63. The largest absolute Gasteiger partial charge is 0.497 e. The van der Waals surface area contributed by atoms with Crippen LogP contribution in [-0.2, 0) is 4.79 Å². The zero-order chi connectivity index (χ0) is 17.1. The quantitative estimate of drug-likeness (QED) is 0.589. The third-order valence-electron chi connectivity index (χ3n) is 3.13. The lowest BCUT2D eigenvalue weighted by molar-refractivity contribution is -0.113. The summed E-state index contributed by atoms with van der Waals surface area (Å²) in [4.78, 5) is 17.4. The molecule has 0 atom stereocenters. The zero-order valence-electron chi connectivity index (χ0n) is 12.5. The molecule has 0 radical (unpaired) electrons. The molecule has 124 valence electrons. The molecule has 1 N–H and O–H groups in total. The van der Waals surface area contributed by atoms with Gasteiger partial charge in [0.15, 0.2) is 5.13 Å². The van der Waals surface area contributed by atoms with Gasteiger partial charge < -0.3 is 10.1 Å². The Morgan fingerprint density at radius 3 is 2.71 bits per heavy atom. The van der Waals surface area contributed by atoms with Crippen molar-refractivity contribution in [2.45, 2.75) is 4.90 Å². The van der Waals surface area contributed by atoms with E-state index in [9.17, 15) is 4.79 Å².